The van der Waals surface area contributed by atoms with E-state index in [1.54, 1.807) is 36.7 Å². The van der Waals surface area contributed by atoms with Gasteiger partial charge in [-0.2, -0.15) is 0 Å². The molecule has 0 aliphatic heterocycles. The van der Waals surface area contributed by atoms with Crippen LogP contribution in [0.25, 0.3) is 10.8 Å². The minimum absolute atomic E-state index is 0. The summed E-state index contributed by atoms with van der Waals surface area (Å²) in [6.45, 7) is 0. The molecular formula is C16H13ClN2O2. The van der Waals surface area contributed by atoms with Crippen LogP contribution < -0.4 is 5.32 Å². The van der Waals surface area contributed by atoms with E-state index < -0.39 is 0 Å². The number of nitrogens with zero attached hydrogens (tertiary/aromatic N) is 1. The van der Waals surface area contributed by atoms with Gasteiger partial charge in [-0.1, -0.05) is 24.3 Å². The number of aromatic nitrogens is 1. The van der Waals surface area contributed by atoms with E-state index in [-0.39, 0.29) is 29.6 Å². The first-order valence-electron chi connectivity index (χ1n) is 6.17. The molecule has 4 nitrogen and oxygen atoms in total. The monoisotopic (exact) mass is 300 g/mol. The van der Waals surface area contributed by atoms with Crippen LogP contribution in [0.5, 0.6) is 5.75 Å². The summed E-state index contributed by atoms with van der Waals surface area (Å²) in [4.78, 5) is 16.1. The minimum atomic E-state index is -0.360. The van der Waals surface area contributed by atoms with Gasteiger partial charge in [0.15, 0.2) is 0 Å². The van der Waals surface area contributed by atoms with E-state index in [2.05, 4.69) is 10.3 Å². The van der Waals surface area contributed by atoms with Crippen molar-refractivity contribution in [2.24, 2.45) is 0 Å². The first kappa shape index (κ1) is 14.8. The second-order valence-corrected chi connectivity index (χ2v) is 4.41. The Hall–Kier alpha value is -2.59. The van der Waals surface area contributed by atoms with Gasteiger partial charge in [-0.25, -0.2) is 0 Å². The third kappa shape index (κ3) is 3.12. The molecule has 21 heavy (non-hydrogen) atoms. The third-order valence-electron chi connectivity index (χ3n) is 3.03. The second-order valence-electron chi connectivity index (χ2n) is 4.41. The number of anilines is 1. The SMILES string of the molecule is Cl.O=C(Nc1cccnc1)c1cc2ccccc2cc1O. The average molecular weight is 301 g/mol. The van der Waals surface area contributed by atoms with E-state index >= 15 is 0 Å². The Morgan fingerprint density at radius 3 is 2.43 bits per heavy atom. The van der Waals surface area contributed by atoms with Crippen molar-refractivity contribution in [3.8, 4) is 5.75 Å². The molecule has 1 heterocycles. The van der Waals surface area contributed by atoms with Crippen LogP contribution in [0.4, 0.5) is 5.69 Å². The molecular weight excluding hydrogens is 288 g/mol. The van der Waals surface area contributed by atoms with Crippen molar-refractivity contribution in [3.05, 3.63) is 66.5 Å². The van der Waals surface area contributed by atoms with Crippen LogP contribution in [0.15, 0.2) is 60.9 Å². The molecule has 0 radical (unpaired) electrons. The van der Waals surface area contributed by atoms with Crippen LogP contribution in [-0.2, 0) is 0 Å². The van der Waals surface area contributed by atoms with Crippen LogP contribution in [0.3, 0.4) is 0 Å². The van der Waals surface area contributed by atoms with E-state index in [9.17, 15) is 9.90 Å². The van der Waals surface area contributed by atoms with Crippen molar-refractivity contribution in [1.82, 2.24) is 4.98 Å². The molecule has 0 saturated carbocycles. The standard InChI is InChI=1S/C16H12N2O2.ClH/c19-15-9-12-5-2-1-4-11(12)8-14(15)16(20)18-13-6-3-7-17-10-13;/h1-10,19H,(H,18,20);1H. The van der Waals surface area contributed by atoms with E-state index in [4.69, 9.17) is 0 Å². The molecule has 0 saturated heterocycles. The summed E-state index contributed by atoms with van der Waals surface area (Å²) in [5.41, 5.74) is 0.831. The normalized spacial score (nSPS) is 9.90. The van der Waals surface area contributed by atoms with Crippen molar-refractivity contribution in [1.29, 1.82) is 0 Å². The van der Waals surface area contributed by atoms with Crippen LogP contribution in [-0.4, -0.2) is 16.0 Å². The summed E-state index contributed by atoms with van der Waals surface area (Å²) < 4.78 is 0. The van der Waals surface area contributed by atoms with Gasteiger partial charge in [0.2, 0.25) is 0 Å². The molecule has 0 unspecified atom stereocenters. The lowest BCUT2D eigenvalue weighted by Crippen LogP contribution is -2.12. The molecule has 0 spiro atoms. The summed E-state index contributed by atoms with van der Waals surface area (Å²) in [5, 5.41) is 14.5. The number of amides is 1. The molecule has 0 aliphatic carbocycles. The molecule has 5 heteroatoms. The Bertz CT molecular complexity index is 776. The topological polar surface area (TPSA) is 62.2 Å². The summed E-state index contributed by atoms with van der Waals surface area (Å²) >= 11 is 0. The van der Waals surface area contributed by atoms with Gasteiger partial charge >= 0.3 is 0 Å². The molecule has 2 aromatic carbocycles. The average Bonchev–Trinajstić information content (AvgIpc) is 2.47. The van der Waals surface area contributed by atoms with Crippen molar-refractivity contribution in [3.63, 3.8) is 0 Å². The van der Waals surface area contributed by atoms with E-state index in [0.717, 1.165) is 10.8 Å². The number of aromatic hydroxyl groups is 1. The zero-order valence-electron chi connectivity index (χ0n) is 11.0. The Balaban J connectivity index is 0.00000161. The maximum Gasteiger partial charge on any atom is 0.259 e. The fourth-order valence-electron chi connectivity index (χ4n) is 2.05. The molecule has 106 valence electrons. The highest BCUT2D eigenvalue weighted by Crippen LogP contribution is 2.25. The smallest absolute Gasteiger partial charge is 0.259 e. The fourth-order valence-corrected chi connectivity index (χ4v) is 2.05. The van der Waals surface area contributed by atoms with Gasteiger partial charge in [-0.05, 0) is 35.0 Å². The van der Waals surface area contributed by atoms with Gasteiger partial charge < -0.3 is 10.4 Å². The number of carbonyl (C=O) groups is 1. The molecule has 0 fully saturated rings. The maximum atomic E-state index is 12.2. The van der Waals surface area contributed by atoms with Crippen LogP contribution in [0.1, 0.15) is 10.4 Å². The van der Waals surface area contributed by atoms with Gasteiger partial charge in [0.25, 0.3) is 5.91 Å². The van der Waals surface area contributed by atoms with E-state index in [1.807, 2.05) is 24.3 Å². The number of fused-ring (bicyclic) bond motifs is 1. The van der Waals surface area contributed by atoms with Crippen molar-refractivity contribution in [2.45, 2.75) is 0 Å². The number of phenols is 1. The first-order valence-corrected chi connectivity index (χ1v) is 6.17. The lowest BCUT2D eigenvalue weighted by molar-refractivity contribution is 0.102. The molecule has 0 atom stereocenters. The van der Waals surface area contributed by atoms with Gasteiger partial charge in [0.1, 0.15) is 5.75 Å². The van der Waals surface area contributed by atoms with Crippen molar-refractivity contribution >= 4 is 34.8 Å². The maximum absolute atomic E-state index is 12.2. The van der Waals surface area contributed by atoms with Crippen molar-refractivity contribution in [2.75, 3.05) is 5.32 Å². The van der Waals surface area contributed by atoms with E-state index in [0.29, 0.717) is 5.69 Å². The first-order chi connectivity index (χ1) is 9.74. The van der Waals surface area contributed by atoms with Crippen LogP contribution in [0.2, 0.25) is 0 Å². The number of halogens is 1. The lowest BCUT2D eigenvalue weighted by atomic mass is 10.1. The molecule has 1 amide bonds. The second kappa shape index (κ2) is 6.24. The number of pyridine rings is 1. The Morgan fingerprint density at radius 2 is 1.76 bits per heavy atom. The Morgan fingerprint density at radius 1 is 1.05 bits per heavy atom. The van der Waals surface area contributed by atoms with Gasteiger partial charge in [-0.15, -0.1) is 12.4 Å². The number of hydrogen-bond donors (Lipinski definition) is 2. The number of rotatable bonds is 2. The number of nitrogens with one attached hydrogen (secondary N) is 1. The molecule has 2 N–H and O–H groups in total. The predicted molar refractivity (Wildman–Crippen MR) is 85.1 cm³/mol. The lowest BCUT2D eigenvalue weighted by Gasteiger charge is -2.08. The highest BCUT2D eigenvalue weighted by molar-refractivity contribution is 6.08. The highest BCUT2D eigenvalue weighted by Gasteiger charge is 2.12. The Kier molecular flexibility index (Phi) is 4.40. The van der Waals surface area contributed by atoms with Crippen molar-refractivity contribution < 1.29 is 9.90 Å². The van der Waals surface area contributed by atoms with Gasteiger partial charge in [0, 0.05) is 6.20 Å². The summed E-state index contributed by atoms with van der Waals surface area (Å²) in [6.07, 6.45) is 3.18. The molecule has 0 bridgehead atoms. The van der Waals surface area contributed by atoms with Gasteiger partial charge in [0.05, 0.1) is 17.4 Å². The molecule has 3 aromatic rings. The number of carbonyl (C=O) groups excluding carboxylic acids is 1. The third-order valence-corrected chi connectivity index (χ3v) is 3.03. The molecule has 1 aromatic heterocycles. The largest absolute Gasteiger partial charge is 0.507 e. The molecule has 0 aliphatic rings. The summed E-state index contributed by atoms with van der Waals surface area (Å²) in [7, 11) is 0. The zero-order chi connectivity index (χ0) is 13.9. The minimum Gasteiger partial charge on any atom is -0.507 e. The van der Waals surface area contributed by atoms with E-state index in [1.165, 1.54) is 0 Å². The highest BCUT2D eigenvalue weighted by atomic mass is 35.5. The quantitative estimate of drug-likeness (QED) is 0.760. The van der Waals surface area contributed by atoms with Gasteiger partial charge in [-0.3, -0.25) is 9.78 Å². The number of phenolic OH excluding ortho intramolecular Hbond substituents is 1. The molecule has 3 rings (SSSR count). The Labute approximate surface area is 127 Å². The van der Waals surface area contributed by atoms with Crippen LogP contribution in [0, 0.1) is 0 Å². The summed E-state index contributed by atoms with van der Waals surface area (Å²) in [6, 6.07) is 14.3. The fraction of sp³-hybridized carbons (Fsp3) is 0. The zero-order valence-corrected chi connectivity index (χ0v) is 11.8. The predicted octanol–water partition coefficient (Wildman–Crippen LogP) is 3.61. The van der Waals surface area contributed by atoms with Crippen LogP contribution >= 0.6 is 12.4 Å². The number of benzene rings is 2. The summed E-state index contributed by atoms with van der Waals surface area (Å²) in [5.74, 6) is -0.397. The number of hydrogen-bond acceptors (Lipinski definition) is 3.